The third kappa shape index (κ3) is 5.44. The summed E-state index contributed by atoms with van der Waals surface area (Å²) in [5.41, 5.74) is 3.99. The van der Waals surface area contributed by atoms with Crippen molar-refractivity contribution >= 4 is 38.1 Å². The zero-order valence-electron chi connectivity index (χ0n) is 20.0. The van der Waals surface area contributed by atoms with E-state index in [9.17, 15) is 13.2 Å². The maximum atomic E-state index is 12.9. The fraction of sp³-hybridized carbons (Fsp3) is 0.185. The molecule has 3 aromatic carbocycles. The highest BCUT2D eigenvalue weighted by atomic mass is 32.2. The smallest absolute Gasteiger partial charge is 0.264 e. The molecule has 35 heavy (non-hydrogen) atoms. The van der Waals surface area contributed by atoms with Gasteiger partial charge in [0.2, 0.25) is 0 Å². The Hall–Kier alpha value is -3.49. The minimum absolute atomic E-state index is 0.0750. The highest BCUT2D eigenvalue weighted by Gasteiger charge is 2.22. The van der Waals surface area contributed by atoms with Crippen LogP contribution in [-0.2, 0) is 15.4 Å². The first kappa shape index (κ1) is 24.6. The number of amides is 1. The van der Waals surface area contributed by atoms with E-state index in [1.807, 2.05) is 23.6 Å². The number of benzene rings is 3. The normalized spacial score (nSPS) is 11.8. The van der Waals surface area contributed by atoms with E-state index in [1.165, 1.54) is 52.5 Å². The van der Waals surface area contributed by atoms with E-state index in [1.54, 1.807) is 24.3 Å². The Morgan fingerprint density at radius 2 is 1.54 bits per heavy atom. The highest BCUT2D eigenvalue weighted by Crippen LogP contribution is 2.29. The molecule has 0 saturated heterocycles. The number of carbonyl (C=O) groups is 1. The van der Waals surface area contributed by atoms with Gasteiger partial charge in [-0.2, -0.15) is 0 Å². The van der Waals surface area contributed by atoms with Gasteiger partial charge in [0, 0.05) is 23.6 Å². The number of carbonyl (C=O) groups excluding carboxylic acids is 1. The first-order chi connectivity index (χ1) is 16.6. The van der Waals surface area contributed by atoms with Crippen LogP contribution < -0.4 is 9.62 Å². The first-order valence-corrected chi connectivity index (χ1v) is 13.4. The second-order valence-electron chi connectivity index (χ2n) is 9.15. The van der Waals surface area contributed by atoms with Crippen molar-refractivity contribution in [1.82, 2.24) is 4.98 Å². The summed E-state index contributed by atoms with van der Waals surface area (Å²) in [5.74, 6) is -0.352. The Bertz CT molecular complexity index is 1420. The maximum absolute atomic E-state index is 12.9. The third-order valence-corrected chi connectivity index (χ3v) is 8.22. The number of hydrogen-bond donors (Lipinski definition) is 1. The van der Waals surface area contributed by atoms with Crippen LogP contribution in [0, 0.1) is 0 Å². The molecule has 0 aliphatic carbocycles. The average molecular weight is 506 g/mol. The largest absolute Gasteiger partial charge is 0.298 e. The third-order valence-electron chi connectivity index (χ3n) is 5.67. The van der Waals surface area contributed by atoms with Crippen LogP contribution in [0.25, 0.3) is 11.3 Å². The molecule has 0 unspecified atom stereocenters. The minimum atomic E-state index is -3.74. The molecule has 0 atom stereocenters. The van der Waals surface area contributed by atoms with Crippen LogP contribution in [0.15, 0.2) is 89.1 Å². The Balaban J connectivity index is 1.45. The van der Waals surface area contributed by atoms with Crippen molar-refractivity contribution < 1.29 is 13.2 Å². The van der Waals surface area contributed by atoms with Gasteiger partial charge >= 0.3 is 0 Å². The van der Waals surface area contributed by atoms with Gasteiger partial charge in [-0.1, -0.05) is 63.2 Å². The molecule has 1 amide bonds. The quantitative estimate of drug-likeness (QED) is 0.339. The molecule has 180 valence electrons. The second-order valence-corrected chi connectivity index (χ2v) is 12.0. The number of anilines is 2. The molecule has 6 nitrogen and oxygen atoms in total. The first-order valence-electron chi connectivity index (χ1n) is 11.1. The zero-order valence-corrected chi connectivity index (χ0v) is 21.7. The van der Waals surface area contributed by atoms with E-state index in [0.29, 0.717) is 16.4 Å². The average Bonchev–Trinajstić information content (AvgIpc) is 3.32. The Morgan fingerprint density at radius 3 is 2.14 bits per heavy atom. The van der Waals surface area contributed by atoms with Crippen molar-refractivity contribution in [2.75, 3.05) is 16.7 Å². The van der Waals surface area contributed by atoms with Gasteiger partial charge in [0.25, 0.3) is 15.9 Å². The molecule has 0 aliphatic heterocycles. The summed E-state index contributed by atoms with van der Waals surface area (Å²) in [7, 11) is -2.24. The number of nitrogens with one attached hydrogen (secondary N) is 1. The molecule has 4 rings (SSSR count). The van der Waals surface area contributed by atoms with Crippen molar-refractivity contribution in [2.45, 2.75) is 31.1 Å². The van der Waals surface area contributed by atoms with Crippen LogP contribution in [0.5, 0.6) is 0 Å². The van der Waals surface area contributed by atoms with E-state index in [0.717, 1.165) is 11.3 Å². The summed E-state index contributed by atoms with van der Waals surface area (Å²) in [6, 6.07) is 23.0. The van der Waals surface area contributed by atoms with Crippen molar-refractivity contribution in [3.63, 3.8) is 0 Å². The lowest BCUT2D eigenvalue weighted by Crippen LogP contribution is -2.26. The van der Waals surface area contributed by atoms with Crippen molar-refractivity contribution in [3.8, 4) is 11.3 Å². The number of thiazole rings is 1. The monoisotopic (exact) mass is 505 g/mol. The molecule has 0 spiro atoms. The van der Waals surface area contributed by atoms with Crippen LogP contribution in [0.3, 0.4) is 0 Å². The molecule has 0 radical (unpaired) electrons. The summed E-state index contributed by atoms with van der Waals surface area (Å²) in [5, 5.41) is 5.18. The van der Waals surface area contributed by atoms with E-state index in [-0.39, 0.29) is 16.2 Å². The van der Waals surface area contributed by atoms with E-state index in [4.69, 9.17) is 0 Å². The van der Waals surface area contributed by atoms with Gasteiger partial charge in [0.15, 0.2) is 5.13 Å². The number of para-hydroxylation sites is 1. The molecular formula is C27H27N3O3S2. The predicted octanol–water partition coefficient (Wildman–Crippen LogP) is 6.19. The number of nitrogens with zero attached hydrogens (tertiary/aromatic N) is 2. The van der Waals surface area contributed by atoms with Crippen LogP contribution in [0.4, 0.5) is 10.8 Å². The van der Waals surface area contributed by atoms with Crippen LogP contribution in [0.2, 0.25) is 0 Å². The molecule has 0 aliphatic rings. The van der Waals surface area contributed by atoms with Gasteiger partial charge in [0.1, 0.15) is 0 Å². The predicted molar refractivity (Wildman–Crippen MR) is 143 cm³/mol. The molecule has 0 bridgehead atoms. The number of rotatable bonds is 6. The molecule has 1 aromatic heterocycles. The lowest BCUT2D eigenvalue weighted by molar-refractivity contribution is 0.102. The van der Waals surface area contributed by atoms with Crippen molar-refractivity contribution in [1.29, 1.82) is 0 Å². The van der Waals surface area contributed by atoms with Crippen LogP contribution >= 0.6 is 11.3 Å². The minimum Gasteiger partial charge on any atom is -0.298 e. The van der Waals surface area contributed by atoms with Gasteiger partial charge < -0.3 is 0 Å². The van der Waals surface area contributed by atoms with E-state index in [2.05, 4.69) is 43.2 Å². The van der Waals surface area contributed by atoms with E-state index < -0.39 is 10.0 Å². The van der Waals surface area contributed by atoms with Crippen molar-refractivity contribution in [2.24, 2.45) is 0 Å². The topological polar surface area (TPSA) is 79.4 Å². The molecular weight excluding hydrogens is 478 g/mol. The summed E-state index contributed by atoms with van der Waals surface area (Å²) < 4.78 is 27.1. The fourth-order valence-electron chi connectivity index (χ4n) is 3.49. The molecule has 1 N–H and O–H groups in total. The van der Waals surface area contributed by atoms with Gasteiger partial charge in [0.05, 0.1) is 16.3 Å². The number of aromatic nitrogens is 1. The standard InChI is InChI=1S/C27H27N3O3S2/c1-27(2,3)21-14-10-19(11-15-21)24-18-34-26(28-24)29-25(31)20-12-16-23(17-13-20)35(32,33)30(4)22-8-6-5-7-9-22/h5-18H,1-4H3,(H,28,29,31). The van der Waals surface area contributed by atoms with Crippen molar-refractivity contribution in [3.05, 3.63) is 95.4 Å². The molecule has 1 heterocycles. The van der Waals surface area contributed by atoms with Crippen LogP contribution in [-0.4, -0.2) is 26.4 Å². The van der Waals surface area contributed by atoms with Gasteiger partial charge in [-0.3, -0.25) is 14.4 Å². The lowest BCUT2D eigenvalue weighted by atomic mass is 9.86. The van der Waals surface area contributed by atoms with Crippen LogP contribution in [0.1, 0.15) is 36.7 Å². The Labute approximate surface area is 210 Å². The highest BCUT2D eigenvalue weighted by molar-refractivity contribution is 7.92. The van der Waals surface area contributed by atoms with Gasteiger partial charge in [-0.15, -0.1) is 11.3 Å². The zero-order chi connectivity index (χ0) is 25.2. The Morgan fingerprint density at radius 1 is 0.914 bits per heavy atom. The lowest BCUT2D eigenvalue weighted by Gasteiger charge is -2.19. The summed E-state index contributed by atoms with van der Waals surface area (Å²) in [6.07, 6.45) is 0. The van der Waals surface area contributed by atoms with Gasteiger partial charge in [-0.25, -0.2) is 13.4 Å². The molecule has 0 saturated carbocycles. The fourth-order valence-corrected chi connectivity index (χ4v) is 5.40. The maximum Gasteiger partial charge on any atom is 0.264 e. The molecule has 8 heteroatoms. The number of hydrogen-bond acceptors (Lipinski definition) is 5. The van der Waals surface area contributed by atoms with E-state index >= 15 is 0 Å². The SMILES string of the molecule is CN(c1ccccc1)S(=O)(=O)c1ccc(C(=O)Nc2nc(-c3ccc(C(C)(C)C)cc3)cs2)cc1. The second kappa shape index (κ2) is 9.64. The summed E-state index contributed by atoms with van der Waals surface area (Å²) >= 11 is 1.34. The molecule has 4 aromatic rings. The molecule has 0 fully saturated rings. The number of sulfonamides is 1. The summed E-state index contributed by atoms with van der Waals surface area (Å²) in [6.45, 7) is 6.51. The van der Waals surface area contributed by atoms with Gasteiger partial charge in [-0.05, 0) is 47.4 Å². The Kier molecular flexibility index (Phi) is 6.78. The summed E-state index contributed by atoms with van der Waals surface area (Å²) in [4.78, 5) is 17.4.